The normalized spacial score (nSPS) is 14.0. The number of hydrogen-bond donors (Lipinski definition) is 2. The van der Waals surface area contributed by atoms with Crippen molar-refractivity contribution in [2.24, 2.45) is 17.8 Å². The first kappa shape index (κ1) is 18.4. The van der Waals surface area contributed by atoms with Crippen molar-refractivity contribution < 1.29 is 18.3 Å². The highest BCUT2D eigenvalue weighted by atomic mass is 32.2. The van der Waals surface area contributed by atoms with E-state index in [0.717, 1.165) is 0 Å². The van der Waals surface area contributed by atoms with Crippen molar-refractivity contribution in [1.82, 2.24) is 4.72 Å². The van der Waals surface area contributed by atoms with Crippen LogP contribution >= 0.6 is 0 Å². The first-order chi connectivity index (χ1) is 8.62. The van der Waals surface area contributed by atoms with Gasteiger partial charge in [-0.2, -0.15) is 0 Å². The lowest BCUT2D eigenvalue weighted by molar-refractivity contribution is -0.138. The van der Waals surface area contributed by atoms with Gasteiger partial charge in [-0.15, -0.1) is 0 Å². The summed E-state index contributed by atoms with van der Waals surface area (Å²) in [5, 5.41) is 8.83. The van der Waals surface area contributed by atoms with Gasteiger partial charge in [-0.25, -0.2) is 13.1 Å². The van der Waals surface area contributed by atoms with Crippen molar-refractivity contribution in [2.75, 3.05) is 12.3 Å². The predicted octanol–water partition coefficient (Wildman–Crippen LogP) is 2.09. The monoisotopic (exact) mass is 293 g/mol. The summed E-state index contributed by atoms with van der Waals surface area (Å²) in [7, 11) is -3.29. The molecule has 0 aliphatic rings. The molecule has 19 heavy (non-hydrogen) atoms. The number of hydrogen-bond acceptors (Lipinski definition) is 3. The van der Waals surface area contributed by atoms with Crippen LogP contribution in [0.5, 0.6) is 0 Å². The Kier molecular flexibility index (Phi) is 8.25. The van der Waals surface area contributed by atoms with E-state index in [1.54, 1.807) is 0 Å². The van der Waals surface area contributed by atoms with Gasteiger partial charge in [0.1, 0.15) is 0 Å². The SMILES string of the molecule is CC(C)CCS(=O)(=O)NC[C@H](CC(=O)O)CC(C)C. The average Bonchev–Trinajstić information content (AvgIpc) is 2.22. The number of aliphatic carboxylic acids is 1. The number of carbonyl (C=O) groups is 1. The molecule has 0 bridgehead atoms. The maximum Gasteiger partial charge on any atom is 0.303 e. The maximum absolute atomic E-state index is 11.8. The molecule has 0 aromatic heterocycles. The molecule has 0 saturated carbocycles. The van der Waals surface area contributed by atoms with Crippen LogP contribution < -0.4 is 4.72 Å². The molecule has 0 aromatic carbocycles. The second-order valence-corrected chi connectivity index (χ2v) is 7.87. The van der Waals surface area contributed by atoms with Crippen molar-refractivity contribution in [3.05, 3.63) is 0 Å². The first-order valence-corrected chi connectivity index (χ1v) is 8.46. The molecule has 0 radical (unpaired) electrons. The number of nitrogens with one attached hydrogen (secondary N) is 1. The molecule has 5 nitrogen and oxygen atoms in total. The molecule has 0 aliphatic heterocycles. The van der Waals surface area contributed by atoms with Crippen molar-refractivity contribution in [2.45, 2.75) is 47.0 Å². The molecule has 0 aromatic rings. The molecule has 0 saturated heterocycles. The second-order valence-electron chi connectivity index (χ2n) is 5.94. The van der Waals surface area contributed by atoms with Crippen LogP contribution in [0.4, 0.5) is 0 Å². The Morgan fingerprint density at radius 2 is 1.74 bits per heavy atom. The molecular weight excluding hydrogens is 266 g/mol. The summed E-state index contributed by atoms with van der Waals surface area (Å²) in [6, 6.07) is 0. The highest BCUT2D eigenvalue weighted by molar-refractivity contribution is 7.89. The van der Waals surface area contributed by atoms with Gasteiger partial charge in [0.15, 0.2) is 0 Å². The molecule has 0 fully saturated rings. The van der Waals surface area contributed by atoms with Gasteiger partial charge < -0.3 is 5.11 Å². The summed E-state index contributed by atoms with van der Waals surface area (Å²) >= 11 is 0. The molecule has 0 rings (SSSR count). The van der Waals surface area contributed by atoms with E-state index >= 15 is 0 Å². The Morgan fingerprint density at radius 3 is 2.16 bits per heavy atom. The van der Waals surface area contributed by atoms with E-state index < -0.39 is 16.0 Å². The molecule has 0 unspecified atom stereocenters. The second kappa shape index (κ2) is 8.53. The lowest BCUT2D eigenvalue weighted by Crippen LogP contribution is -2.33. The van der Waals surface area contributed by atoms with E-state index in [1.807, 2.05) is 27.7 Å². The molecule has 0 heterocycles. The minimum absolute atomic E-state index is 0.00484. The zero-order valence-electron chi connectivity index (χ0n) is 12.3. The highest BCUT2D eigenvalue weighted by Gasteiger charge is 2.18. The lowest BCUT2D eigenvalue weighted by Gasteiger charge is -2.18. The molecule has 0 spiro atoms. The smallest absolute Gasteiger partial charge is 0.303 e. The van der Waals surface area contributed by atoms with E-state index in [0.29, 0.717) is 24.7 Å². The molecule has 0 aliphatic carbocycles. The van der Waals surface area contributed by atoms with Crippen LogP contribution in [0.1, 0.15) is 47.0 Å². The average molecular weight is 293 g/mol. The maximum atomic E-state index is 11.8. The lowest BCUT2D eigenvalue weighted by atomic mass is 9.94. The van der Waals surface area contributed by atoms with Crippen LogP contribution in [0.3, 0.4) is 0 Å². The molecule has 114 valence electrons. The zero-order valence-corrected chi connectivity index (χ0v) is 13.2. The van der Waals surface area contributed by atoms with Gasteiger partial charge in [0.05, 0.1) is 5.75 Å². The van der Waals surface area contributed by atoms with Gasteiger partial charge in [0, 0.05) is 13.0 Å². The minimum atomic E-state index is -3.29. The third kappa shape index (κ3) is 10.9. The standard InChI is InChI=1S/C13H27NO4S/c1-10(2)5-6-19(17,18)14-9-12(7-11(3)4)8-13(15)16/h10-12,14H,5-9H2,1-4H3,(H,15,16)/t12-/m0/s1. The highest BCUT2D eigenvalue weighted by Crippen LogP contribution is 2.15. The van der Waals surface area contributed by atoms with Crippen LogP contribution in [-0.4, -0.2) is 31.8 Å². The van der Waals surface area contributed by atoms with E-state index in [4.69, 9.17) is 5.11 Å². The zero-order chi connectivity index (χ0) is 15.1. The van der Waals surface area contributed by atoms with E-state index in [2.05, 4.69) is 4.72 Å². The third-order valence-corrected chi connectivity index (χ3v) is 4.20. The van der Waals surface area contributed by atoms with Gasteiger partial charge in [-0.3, -0.25) is 4.79 Å². The van der Waals surface area contributed by atoms with Gasteiger partial charge in [-0.1, -0.05) is 27.7 Å². The summed E-state index contributed by atoms with van der Waals surface area (Å²) in [4.78, 5) is 10.8. The Balaban J connectivity index is 4.32. The number of sulfonamides is 1. The molecule has 0 amide bonds. The predicted molar refractivity (Wildman–Crippen MR) is 76.4 cm³/mol. The fraction of sp³-hybridized carbons (Fsp3) is 0.923. The van der Waals surface area contributed by atoms with Crippen molar-refractivity contribution in [1.29, 1.82) is 0 Å². The van der Waals surface area contributed by atoms with Crippen LogP contribution in [0.15, 0.2) is 0 Å². The van der Waals surface area contributed by atoms with Crippen LogP contribution in [0, 0.1) is 17.8 Å². The van der Waals surface area contributed by atoms with Gasteiger partial charge in [0.2, 0.25) is 10.0 Å². The summed E-state index contributed by atoms with van der Waals surface area (Å²) in [6.45, 7) is 8.16. The Bertz CT molecular complexity index is 363. The van der Waals surface area contributed by atoms with Crippen molar-refractivity contribution >= 4 is 16.0 Å². The number of rotatable bonds is 10. The quantitative estimate of drug-likeness (QED) is 0.646. The summed E-state index contributed by atoms with van der Waals surface area (Å²) in [6.07, 6.45) is 1.33. The summed E-state index contributed by atoms with van der Waals surface area (Å²) < 4.78 is 26.0. The summed E-state index contributed by atoms with van der Waals surface area (Å²) in [5.41, 5.74) is 0. The van der Waals surface area contributed by atoms with E-state index in [-0.39, 0.29) is 24.6 Å². The summed E-state index contributed by atoms with van der Waals surface area (Å²) in [5.74, 6) is -0.239. The Labute approximate surface area is 116 Å². The number of carboxylic acids is 1. The van der Waals surface area contributed by atoms with E-state index in [1.165, 1.54) is 0 Å². The van der Waals surface area contributed by atoms with Crippen molar-refractivity contribution in [3.63, 3.8) is 0 Å². The topological polar surface area (TPSA) is 83.5 Å². The van der Waals surface area contributed by atoms with Crippen LogP contribution in [0.2, 0.25) is 0 Å². The first-order valence-electron chi connectivity index (χ1n) is 6.81. The molecule has 1 atom stereocenters. The van der Waals surface area contributed by atoms with E-state index in [9.17, 15) is 13.2 Å². The largest absolute Gasteiger partial charge is 0.481 e. The number of carboxylic acid groups (broad SMARTS) is 1. The molecular formula is C13H27NO4S. The fourth-order valence-corrected chi connectivity index (χ4v) is 3.28. The fourth-order valence-electron chi connectivity index (χ4n) is 1.86. The third-order valence-electron chi connectivity index (χ3n) is 2.82. The molecule has 2 N–H and O–H groups in total. The van der Waals surface area contributed by atoms with Crippen molar-refractivity contribution in [3.8, 4) is 0 Å². The van der Waals surface area contributed by atoms with Gasteiger partial charge >= 0.3 is 5.97 Å². The van der Waals surface area contributed by atoms with Crippen LogP contribution in [0.25, 0.3) is 0 Å². The Morgan fingerprint density at radius 1 is 1.16 bits per heavy atom. The molecule has 6 heteroatoms. The van der Waals surface area contributed by atoms with Crippen LogP contribution in [-0.2, 0) is 14.8 Å². The minimum Gasteiger partial charge on any atom is -0.481 e. The Hall–Kier alpha value is -0.620. The van der Waals surface area contributed by atoms with Gasteiger partial charge in [0.25, 0.3) is 0 Å². The van der Waals surface area contributed by atoms with Gasteiger partial charge in [-0.05, 0) is 30.6 Å².